The molecule has 24 heavy (non-hydrogen) atoms. The first-order valence-corrected chi connectivity index (χ1v) is 8.62. The standard InChI is InChI=1S/C14H21N3O5S.ClH/c1-21-10-13(15)14(18)16-11-3-2-4-12(9-11)23(19,20)17-5-7-22-8-6-17;/h2-4,9,13H,5-8,10,15H2,1H3,(H,16,18);1H. The Morgan fingerprint density at radius 3 is 2.71 bits per heavy atom. The predicted octanol–water partition coefficient (Wildman–Crippen LogP) is 0.0415. The number of carbonyl (C=O) groups is 1. The molecule has 0 radical (unpaired) electrons. The average Bonchev–Trinajstić information content (AvgIpc) is 2.56. The maximum Gasteiger partial charge on any atom is 0.243 e. The minimum absolute atomic E-state index is 0. The third-order valence-corrected chi connectivity index (χ3v) is 5.29. The van der Waals surface area contributed by atoms with Crippen LogP contribution in [0.4, 0.5) is 5.69 Å². The number of carbonyl (C=O) groups excluding carboxylic acids is 1. The summed E-state index contributed by atoms with van der Waals surface area (Å²) in [7, 11) is -2.16. The molecule has 1 atom stereocenters. The van der Waals surface area contributed by atoms with Crippen LogP contribution in [0.15, 0.2) is 29.2 Å². The molecular formula is C14H22ClN3O5S. The van der Waals surface area contributed by atoms with Gasteiger partial charge in [0.15, 0.2) is 0 Å². The Labute approximate surface area is 147 Å². The average molecular weight is 380 g/mol. The van der Waals surface area contributed by atoms with Gasteiger partial charge in [-0.1, -0.05) is 6.07 Å². The zero-order valence-electron chi connectivity index (χ0n) is 13.3. The van der Waals surface area contributed by atoms with Crippen LogP contribution < -0.4 is 11.1 Å². The predicted molar refractivity (Wildman–Crippen MR) is 91.7 cm³/mol. The van der Waals surface area contributed by atoms with Crippen LogP contribution in [0.25, 0.3) is 0 Å². The van der Waals surface area contributed by atoms with E-state index in [2.05, 4.69) is 5.32 Å². The van der Waals surface area contributed by atoms with E-state index in [9.17, 15) is 13.2 Å². The Morgan fingerprint density at radius 2 is 2.08 bits per heavy atom. The molecule has 1 amide bonds. The Morgan fingerprint density at radius 1 is 1.42 bits per heavy atom. The zero-order valence-corrected chi connectivity index (χ0v) is 14.9. The summed E-state index contributed by atoms with van der Waals surface area (Å²) in [5.41, 5.74) is 6.01. The summed E-state index contributed by atoms with van der Waals surface area (Å²) < 4.78 is 36.5. The molecule has 0 aromatic heterocycles. The van der Waals surface area contributed by atoms with Crippen LogP contribution in [0, 0.1) is 0 Å². The van der Waals surface area contributed by atoms with E-state index in [0.29, 0.717) is 32.0 Å². The van der Waals surface area contributed by atoms with Crippen molar-refractivity contribution in [1.29, 1.82) is 0 Å². The summed E-state index contributed by atoms with van der Waals surface area (Å²) in [5.74, 6) is -0.437. The molecule has 1 aliphatic rings. The number of benzene rings is 1. The molecule has 3 N–H and O–H groups in total. The van der Waals surface area contributed by atoms with Crippen molar-refractivity contribution in [3.8, 4) is 0 Å². The Hall–Kier alpha value is -1.23. The first kappa shape index (κ1) is 20.8. The quantitative estimate of drug-likeness (QED) is 0.722. The van der Waals surface area contributed by atoms with E-state index in [-0.39, 0.29) is 23.9 Å². The summed E-state index contributed by atoms with van der Waals surface area (Å²) >= 11 is 0. The van der Waals surface area contributed by atoms with Gasteiger partial charge in [0.2, 0.25) is 15.9 Å². The first-order valence-electron chi connectivity index (χ1n) is 7.18. The van der Waals surface area contributed by atoms with Crippen molar-refractivity contribution >= 4 is 34.0 Å². The van der Waals surface area contributed by atoms with E-state index in [1.807, 2.05) is 0 Å². The van der Waals surface area contributed by atoms with Gasteiger partial charge >= 0.3 is 0 Å². The number of nitrogens with zero attached hydrogens (tertiary/aromatic N) is 1. The van der Waals surface area contributed by atoms with Crippen LogP contribution >= 0.6 is 12.4 Å². The summed E-state index contributed by atoms with van der Waals surface area (Å²) in [4.78, 5) is 12.0. The number of nitrogens with one attached hydrogen (secondary N) is 1. The number of amides is 1. The van der Waals surface area contributed by atoms with Crippen molar-refractivity contribution in [1.82, 2.24) is 4.31 Å². The van der Waals surface area contributed by atoms with Crippen molar-refractivity contribution in [2.45, 2.75) is 10.9 Å². The lowest BCUT2D eigenvalue weighted by Gasteiger charge is -2.26. The van der Waals surface area contributed by atoms with E-state index >= 15 is 0 Å². The third-order valence-electron chi connectivity index (χ3n) is 3.39. The second-order valence-corrected chi connectivity index (χ2v) is 7.03. The number of sulfonamides is 1. The number of morpholine rings is 1. The van der Waals surface area contributed by atoms with Crippen LogP contribution in [-0.2, 0) is 24.3 Å². The molecule has 1 aliphatic heterocycles. The number of ether oxygens (including phenoxy) is 2. The molecule has 8 nitrogen and oxygen atoms in total. The number of hydrogen-bond acceptors (Lipinski definition) is 6. The SMILES string of the molecule is COCC(N)C(=O)Nc1cccc(S(=O)(=O)N2CCOCC2)c1.Cl. The summed E-state index contributed by atoms with van der Waals surface area (Å²) in [6, 6.07) is 5.28. The topological polar surface area (TPSA) is 111 Å². The summed E-state index contributed by atoms with van der Waals surface area (Å²) in [6.45, 7) is 1.47. The lowest BCUT2D eigenvalue weighted by molar-refractivity contribution is -0.118. The van der Waals surface area contributed by atoms with Crippen LogP contribution in [-0.4, -0.2) is 64.7 Å². The van der Waals surface area contributed by atoms with E-state index in [4.69, 9.17) is 15.2 Å². The van der Waals surface area contributed by atoms with Gasteiger partial charge in [0.25, 0.3) is 0 Å². The molecule has 0 aliphatic carbocycles. The second-order valence-electron chi connectivity index (χ2n) is 5.10. The molecule has 1 heterocycles. The van der Waals surface area contributed by atoms with E-state index in [0.717, 1.165) is 0 Å². The van der Waals surface area contributed by atoms with Crippen molar-refractivity contribution in [2.75, 3.05) is 45.3 Å². The molecule has 1 fully saturated rings. The largest absolute Gasteiger partial charge is 0.383 e. The molecule has 0 bridgehead atoms. The second kappa shape index (κ2) is 9.30. The van der Waals surface area contributed by atoms with Gasteiger partial charge in [0.1, 0.15) is 6.04 Å². The minimum atomic E-state index is -3.60. The molecule has 2 rings (SSSR count). The van der Waals surface area contributed by atoms with E-state index < -0.39 is 22.0 Å². The van der Waals surface area contributed by atoms with Gasteiger partial charge in [-0.2, -0.15) is 4.31 Å². The fourth-order valence-corrected chi connectivity index (χ4v) is 3.61. The molecule has 0 saturated carbocycles. The number of anilines is 1. The van der Waals surface area contributed by atoms with Gasteiger partial charge in [0, 0.05) is 25.9 Å². The zero-order chi connectivity index (χ0) is 16.9. The molecule has 136 valence electrons. The van der Waals surface area contributed by atoms with Gasteiger partial charge in [-0.25, -0.2) is 8.42 Å². The molecule has 1 unspecified atom stereocenters. The molecule has 0 spiro atoms. The highest BCUT2D eigenvalue weighted by Gasteiger charge is 2.26. The number of nitrogens with two attached hydrogens (primary N) is 1. The molecule has 1 saturated heterocycles. The summed E-state index contributed by atoms with van der Waals surface area (Å²) in [5, 5.41) is 2.59. The van der Waals surface area contributed by atoms with Crippen LogP contribution in [0.2, 0.25) is 0 Å². The molecular weight excluding hydrogens is 358 g/mol. The van der Waals surface area contributed by atoms with Crippen molar-refractivity contribution in [3.05, 3.63) is 24.3 Å². The Bertz CT molecular complexity index is 650. The van der Waals surface area contributed by atoms with Gasteiger partial charge in [-0.3, -0.25) is 4.79 Å². The highest BCUT2D eigenvalue weighted by molar-refractivity contribution is 7.89. The fraction of sp³-hybridized carbons (Fsp3) is 0.500. The third kappa shape index (κ3) is 5.13. The van der Waals surface area contributed by atoms with Crippen LogP contribution in [0.3, 0.4) is 0 Å². The number of halogens is 1. The van der Waals surface area contributed by atoms with E-state index in [1.54, 1.807) is 12.1 Å². The minimum Gasteiger partial charge on any atom is -0.383 e. The lowest BCUT2D eigenvalue weighted by atomic mass is 10.2. The first-order chi connectivity index (χ1) is 10.9. The summed E-state index contributed by atoms with van der Waals surface area (Å²) in [6.07, 6.45) is 0. The molecule has 1 aromatic rings. The maximum atomic E-state index is 12.6. The fourth-order valence-electron chi connectivity index (χ4n) is 2.16. The molecule has 1 aromatic carbocycles. The maximum absolute atomic E-state index is 12.6. The van der Waals surface area contributed by atoms with E-state index in [1.165, 1.54) is 23.5 Å². The van der Waals surface area contributed by atoms with Crippen molar-refractivity contribution in [3.63, 3.8) is 0 Å². The normalized spacial score (nSPS) is 16.9. The smallest absolute Gasteiger partial charge is 0.243 e. The van der Waals surface area contributed by atoms with Crippen molar-refractivity contribution in [2.24, 2.45) is 5.73 Å². The van der Waals surface area contributed by atoms with Crippen molar-refractivity contribution < 1.29 is 22.7 Å². The highest BCUT2D eigenvalue weighted by Crippen LogP contribution is 2.20. The monoisotopic (exact) mass is 379 g/mol. The number of methoxy groups -OCH3 is 1. The van der Waals surface area contributed by atoms with Gasteiger partial charge in [0.05, 0.1) is 24.7 Å². The van der Waals surface area contributed by atoms with Crippen LogP contribution in [0.5, 0.6) is 0 Å². The number of hydrogen-bond donors (Lipinski definition) is 2. The lowest BCUT2D eigenvalue weighted by Crippen LogP contribution is -2.40. The Balaban J connectivity index is 0.00000288. The van der Waals surface area contributed by atoms with Gasteiger partial charge < -0.3 is 20.5 Å². The number of rotatable bonds is 6. The van der Waals surface area contributed by atoms with Gasteiger partial charge in [-0.15, -0.1) is 12.4 Å². The van der Waals surface area contributed by atoms with Crippen LogP contribution in [0.1, 0.15) is 0 Å². The highest BCUT2D eigenvalue weighted by atomic mass is 35.5. The van der Waals surface area contributed by atoms with Gasteiger partial charge in [-0.05, 0) is 18.2 Å². The molecule has 10 heteroatoms. The Kier molecular flexibility index (Phi) is 8.07.